The number of halogens is 5. The van der Waals surface area contributed by atoms with E-state index in [1.807, 2.05) is 11.0 Å². The quantitative estimate of drug-likeness (QED) is 0.374. The van der Waals surface area contributed by atoms with Crippen LogP contribution >= 0.6 is 0 Å². The van der Waals surface area contributed by atoms with Gasteiger partial charge in [0, 0.05) is 30.6 Å². The summed E-state index contributed by atoms with van der Waals surface area (Å²) in [7, 11) is 0. The Bertz CT molecular complexity index is 1240. The molecule has 0 bridgehead atoms. The van der Waals surface area contributed by atoms with Crippen molar-refractivity contribution in [1.82, 2.24) is 4.90 Å². The second-order valence-electron chi connectivity index (χ2n) is 11.2. The van der Waals surface area contributed by atoms with Gasteiger partial charge in [0.25, 0.3) is 0 Å². The molecule has 1 saturated heterocycles. The summed E-state index contributed by atoms with van der Waals surface area (Å²) in [5, 5.41) is 9.62. The highest BCUT2D eigenvalue weighted by Crippen LogP contribution is 2.50. The largest absolute Gasteiger partial charge is 0.573 e. The number of fused-ring (bicyclic) bond motifs is 1. The molecule has 1 spiro atoms. The van der Waals surface area contributed by atoms with Crippen LogP contribution in [0.5, 0.6) is 11.5 Å². The summed E-state index contributed by atoms with van der Waals surface area (Å²) in [5.74, 6) is -3.34. The van der Waals surface area contributed by atoms with Gasteiger partial charge in [-0.3, -0.25) is 9.69 Å². The van der Waals surface area contributed by atoms with Gasteiger partial charge in [-0.05, 0) is 80.7 Å². The fraction of sp³-hybridized carbons (Fsp3) is 0.552. The third-order valence-corrected chi connectivity index (χ3v) is 8.70. The number of benzene rings is 2. The molecule has 5 nitrogen and oxygen atoms in total. The second kappa shape index (κ2) is 10.3. The normalized spacial score (nSPS) is 21.5. The minimum atomic E-state index is -4.90. The Labute approximate surface area is 223 Å². The predicted octanol–water partition coefficient (Wildman–Crippen LogP) is 7.00. The molecule has 3 unspecified atom stereocenters. The molecule has 3 aliphatic rings. The first-order valence-corrected chi connectivity index (χ1v) is 13.4. The number of hydrogen-bond donors (Lipinski definition) is 1. The number of piperidine rings is 1. The van der Waals surface area contributed by atoms with Gasteiger partial charge in [-0.2, -0.15) is 0 Å². The maximum atomic E-state index is 15.9. The van der Waals surface area contributed by atoms with Crippen LogP contribution in [0.15, 0.2) is 30.3 Å². The van der Waals surface area contributed by atoms with Crippen LogP contribution in [0.1, 0.15) is 74.6 Å². The van der Waals surface area contributed by atoms with Crippen LogP contribution in [0.3, 0.4) is 0 Å². The zero-order chi connectivity index (χ0) is 28.1. The number of carboxylic acid groups (broad SMARTS) is 1. The smallest absolute Gasteiger partial charge is 0.484 e. The van der Waals surface area contributed by atoms with E-state index in [-0.39, 0.29) is 17.2 Å². The highest BCUT2D eigenvalue weighted by atomic mass is 19.4. The molecule has 2 aromatic rings. The lowest BCUT2D eigenvalue weighted by Gasteiger charge is -2.46. The van der Waals surface area contributed by atoms with Crippen LogP contribution in [-0.4, -0.2) is 41.0 Å². The number of aryl methyl sites for hydroxylation is 1. The average Bonchev–Trinajstić information content (AvgIpc) is 3.71. The standard InChI is InChI=1S/C29H32F5NO4/c1-16(27(36)37)24(18-3-4-18)21-7-5-19-9-10-28(39-26(19)25(21)31)11-13-35(14-12-28)17(2)22-15-20(30)6-8-23(22)38-29(32,33)34/h5-8,15-18,24H,3-4,9-14H2,1-2H3,(H,36,37). The fourth-order valence-corrected chi connectivity index (χ4v) is 6.28. The molecule has 0 radical (unpaired) electrons. The molecular weight excluding hydrogens is 521 g/mol. The monoisotopic (exact) mass is 553 g/mol. The van der Waals surface area contributed by atoms with Crippen molar-refractivity contribution in [3.63, 3.8) is 0 Å². The van der Waals surface area contributed by atoms with Crippen molar-refractivity contribution in [2.45, 2.75) is 76.3 Å². The Morgan fingerprint density at radius 2 is 1.77 bits per heavy atom. The Hall–Kier alpha value is -2.88. The van der Waals surface area contributed by atoms with Gasteiger partial charge in [0.1, 0.15) is 17.2 Å². The van der Waals surface area contributed by atoms with Crippen LogP contribution in [0, 0.1) is 23.5 Å². The summed E-state index contributed by atoms with van der Waals surface area (Å²) in [4.78, 5) is 13.7. The lowest BCUT2D eigenvalue weighted by Crippen LogP contribution is -2.50. The van der Waals surface area contributed by atoms with Gasteiger partial charge in [0.15, 0.2) is 11.6 Å². The molecule has 0 amide bonds. The molecule has 5 rings (SSSR count). The van der Waals surface area contributed by atoms with Crippen LogP contribution in [0.25, 0.3) is 0 Å². The SMILES string of the molecule is CC(C(=O)O)C(c1ccc2c(c1F)OC1(CC2)CCN(C(C)c2cc(F)ccc2OC(F)(F)F)CC1)C1CC1. The summed E-state index contributed by atoms with van der Waals surface area (Å²) >= 11 is 0. The molecule has 2 aliphatic heterocycles. The molecule has 10 heteroatoms. The topological polar surface area (TPSA) is 59.0 Å². The zero-order valence-corrected chi connectivity index (χ0v) is 21.9. The van der Waals surface area contributed by atoms with E-state index >= 15 is 4.39 Å². The summed E-state index contributed by atoms with van der Waals surface area (Å²) in [6.45, 7) is 4.24. The number of carboxylic acids is 1. The van der Waals surface area contributed by atoms with Gasteiger partial charge in [-0.15, -0.1) is 13.2 Å². The zero-order valence-electron chi connectivity index (χ0n) is 21.9. The van der Waals surface area contributed by atoms with Crippen molar-refractivity contribution < 1.29 is 41.3 Å². The molecule has 0 aromatic heterocycles. The second-order valence-corrected chi connectivity index (χ2v) is 11.2. The average molecular weight is 554 g/mol. The first-order valence-electron chi connectivity index (χ1n) is 13.4. The van der Waals surface area contributed by atoms with Crippen LogP contribution < -0.4 is 9.47 Å². The molecule has 2 heterocycles. The Kier molecular flexibility index (Phi) is 7.28. The molecule has 3 atom stereocenters. The van der Waals surface area contributed by atoms with Gasteiger partial charge in [0.2, 0.25) is 0 Å². The molecule has 39 heavy (non-hydrogen) atoms. The van der Waals surface area contributed by atoms with Crippen LogP contribution in [-0.2, 0) is 11.2 Å². The Balaban J connectivity index is 1.33. The molecule has 1 N–H and O–H groups in total. The fourth-order valence-electron chi connectivity index (χ4n) is 6.28. The van der Waals surface area contributed by atoms with Crippen LogP contribution in [0.4, 0.5) is 22.0 Å². The lowest BCUT2D eigenvalue weighted by molar-refractivity contribution is -0.275. The third-order valence-electron chi connectivity index (χ3n) is 8.70. The highest BCUT2D eigenvalue weighted by molar-refractivity contribution is 5.71. The lowest BCUT2D eigenvalue weighted by atomic mass is 9.79. The van der Waals surface area contributed by atoms with Gasteiger partial charge in [-0.1, -0.05) is 19.1 Å². The molecular formula is C29H32F5NO4. The number of likely N-dealkylation sites (tertiary alicyclic amines) is 1. The van der Waals surface area contributed by atoms with E-state index < -0.39 is 53.2 Å². The van der Waals surface area contributed by atoms with Crippen molar-refractivity contribution in [3.8, 4) is 11.5 Å². The summed E-state index contributed by atoms with van der Waals surface area (Å²) < 4.78 is 79.2. The summed E-state index contributed by atoms with van der Waals surface area (Å²) in [6, 6.07) is 5.99. The maximum absolute atomic E-state index is 15.9. The number of rotatable bonds is 7. The van der Waals surface area contributed by atoms with Crippen molar-refractivity contribution in [2.24, 2.45) is 11.8 Å². The van der Waals surface area contributed by atoms with E-state index in [0.717, 1.165) is 36.6 Å². The number of hydrogen-bond acceptors (Lipinski definition) is 4. The van der Waals surface area contributed by atoms with E-state index in [1.165, 1.54) is 0 Å². The van der Waals surface area contributed by atoms with E-state index in [4.69, 9.17) is 4.74 Å². The van der Waals surface area contributed by atoms with E-state index in [1.54, 1.807) is 19.9 Å². The number of carbonyl (C=O) groups is 1. The maximum Gasteiger partial charge on any atom is 0.573 e. The summed E-state index contributed by atoms with van der Waals surface area (Å²) in [5.41, 5.74) is 0.609. The van der Waals surface area contributed by atoms with Gasteiger partial charge in [-0.25, -0.2) is 8.78 Å². The van der Waals surface area contributed by atoms with Gasteiger partial charge >= 0.3 is 12.3 Å². The molecule has 2 aromatic carbocycles. The molecule has 2 fully saturated rings. The van der Waals surface area contributed by atoms with Crippen molar-refractivity contribution >= 4 is 5.97 Å². The van der Waals surface area contributed by atoms with Gasteiger partial charge in [0.05, 0.1) is 5.92 Å². The number of nitrogens with zero attached hydrogens (tertiary/aromatic N) is 1. The first kappa shape index (κ1) is 27.7. The van der Waals surface area contributed by atoms with Crippen molar-refractivity contribution in [1.29, 1.82) is 0 Å². The van der Waals surface area contributed by atoms with Crippen molar-refractivity contribution in [3.05, 3.63) is 58.7 Å². The Morgan fingerprint density at radius 3 is 2.38 bits per heavy atom. The van der Waals surface area contributed by atoms with E-state index in [0.29, 0.717) is 44.3 Å². The van der Waals surface area contributed by atoms with Gasteiger partial charge < -0.3 is 14.6 Å². The molecule has 1 saturated carbocycles. The van der Waals surface area contributed by atoms with Crippen molar-refractivity contribution in [2.75, 3.05) is 13.1 Å². The molecule has 1 aliphatic carbocycles. The summed E-state index contributed by atoms with van der Waals surface area (Å²) in [6.07, 6.45) is -0.840. The van der Waals surface area contributed by atoms with E-state index in [2.05, 4.69) is 4.74 Å². The van der Waals surface area contributed by atoms with E-state index in [9.17, 15) is 27.5 Å². The minimum Gasteiger partial charge on any atom is -0.484 e. The Morgan fingerprint density at radius 1 is 1.08 bits per heavy atom. The minimum absolute atomic E-state index is 0.104. The number of ether oxygens (including phenoxy) is 2. The molecule has 212 valence electrons. The number of alkyl halides is 3. The third kappa shape index (κ3) is 5.71. The highest BCUT2D eigenvalue weighted by Gasteiger charge is 2.45. The number of aliphatic carboxylic acids is 1. The van der Waals surface area contributed by atoms with Crippen LogP contribution in [0.2, 0.25) is 0 Å². The first-order chi connectivity index (χ1) is 18.4. The predicted molar refractivity (Wildman–Crippen MR) is 133 cm³/mol.